The molecule has 0 radical (unpaired) electrons. The Morgan fingerprint density at radius 2 is 2.00 bits per heavy atom. The van der Waals surface area contributed by atoms with Gasteiger partial charge < -0.3 is 0 Å². The van der Waals surface area contributed by atoms with E-state index in [4.69, 9.17) is 0 Å². The summed E-state index contributed by atoms with van der Waals surface area (Å²) in [6.07, 6.45) is 2.11. The van der Waals surface area contributed by atoms with Gasteiger partial charge in [-0.05, 0) is 30.7 Å². The molecular formula is C14H12BrF2N. The highest BCUT2D eigenvalue weighted by atomic mass is 79.9. The monoisotopic (exact) mass is 311 g/mol. The Balaban J connectivity index is 2.29. The second-order valence-corrected chi connectivity index (χ2v) is 5.19. The molecule has 0 N–H and O–H groups in total. The first-order chi connectivity index (χ1) is 8.59. The van der Waals surface area contributed by atoms with Gasteiger partial charge in [-0.2, -0.15) is 0 Å². The molecule has 0 aliphatic rings. The molecule has 0 aliphatic heterocycles. The van der Waals surface area contributed by atoms with Gasteiger partial charge in [0.05, 0.1) is 4.83 Å². The van der Waals surface area contributed by atoms with Crippen LogP contribution in [0.3, 0.4) is 0 Å². The van der Waals surface area contributed by atoms with E-state index in [1.54, 1.807) is 19.2 Å². The number of nitrogens with zero attached hydrogens (tertiary/aromatic N) is 1. The van der Waals surface area contributed by atoms with Crippen molar-refractivity contribution < 1.29 is 8.78 Å². The van der Waals surface area contributed by atoms with Gasteiger partial charge in [0.1, 0.15) is 11.6 Å². The van der Waals surface area contributed by atoms with Crippen molar-refractivity contribution in [2.24, 2.45) is 0 Å². The molecule has 18 heavy (non-hydrogen) atoms. The van der Waals surface area contributed by atoms with Crippen LogP contribution in [0, 0.1) is 18.6 Å². The molecule has 2 aromatic rings. The van der Waals surface area contributed by atoms with Crippen LogP contribution < -0.4 is 0 Å². The van der Waals surface area contributed by atoms with Gasteiger partial charge in [0.2, 0.25) is 0 Å². The second-order valence-electron chi connectivity index (χ2n) is 4.08. The largest absolute Gasteiger partial charge is 0.261 e. The minimum Gasteiger partial charge on any atom is -0.261 e. The number of rotatable bonds is 3. The van der Waals surface area contributed by atoms with E-state index in [1.807, 2.05) is 12.1 Å². The zero-order valence-corrected chi connectivity index (χ0v) is 11.4. The van der Waals surface area contributed by atoms with E-state index < -0.39 is 16.5 Å². The third-order valence-electron chi connectivity index (χ3n) is 2.75. The summed E-state index contributed by atoms with van der Waals surface area (Å²) in [5.74, 6) is -1.02. The van der Waals surface area contributed by atoms with Crippen molar-refractivity contribution in [2.45, 2.75) is 18.2 Å². The lowest BCUT2D eigenvalue weighted by Gasteiger charge is -2.13. The molecule has 94 valence electrons. The van der Waals surface area contributed by atoms with Gasteiger partial charge in [-0.1, -0.05) is 28.1 Å². The van der Waals surface area contributed by atoms with Crippen molar-refractivity contribution in [3.63, 3.8) is 0 Å². The minimum absolute atomic E-state index is 0.0700. The Morgan fingerprint density at radius 3 is 2.67 bits per heavy atom. The summed E-state index contributed by atoms with van der Waals surface area (Å²) in [4.78, 5) is 3.73. The van der Waals surface area contributed by atoms with Gasteiger partial charge >= 0.3 is 0 Å². The van der Waals surface area contributed by atoms with Gasteiger partial charge in [0, 0.05) is 23.9 Å². The summed E-state index contributed by atoms with van der Waals surface area (Å²) in [6.45, 7) is 1.62. The maximum absolute atomic E-state index is 13.9. The van der Waals surface area contributed by atoms with Crippen molar-refractivity contribution in [3.8, 4) is 0 Å². The fourth-order valence-electron chi connectivity index (χ4n) is 1.77. The first kappa shape index (κ1) is 13.1. The number of aromatic nitrogens is 1. The maximum Gasteiger partial charge on any atom is 0.133 e. The zero-order chi connectivity index (χ0) is 13.1. The quantitative estimate of drug-likeness (QED) is 0.768. The van der Waals surface area contributed by atoms with E-state index >= 15 is 0 Å². The Labute approximate surface area is 113 Å². The molecule has 1 nitrogen and oxygen atoms in total. The Bertz CT molecular complexity index is 543. The van der Waals surface area contributed by atoms with E-state index in [0.29, 0.717) is 12.0 Å². The van der Waals surface area contributed by atoms with Crippen LogP contribution in [0.25, 0.3) is 0 Å². The van der Waals surface area contributed by atoms with Crippen LogP contribution in [0.2, 0.25) is 0 Å². The lowest BCUT2D eigenvalue weighted by atomic mass is 10.0. The standard InChI is InChI=1S/C14H12BrF2N/c1-9-5-6-12(16)13(14(9)17)11(15)8-10-4-2-3-7-18-10/h2-7,11H,8H2,1H3. The molecule has 0 aliphatic carbocycles. The second kappa shape index (κ2) is 5.57. The number of alkyl halides is 1. The van der Waals surface area contributed by atoms with E-state index in [2.05, 4.69) is 20.9 Å². The van der Waals surface area contributed by atoms with Crippen LogP contribution in [0.1, 0.15) is 21.6 Å². The molecule has 1 aromatic heterocycles. The molecule has 0 saturated heterocycles. The molecule has 0 fully saturated rings. The number of pyridine rings is 1. The van der Waals surface area contributed by atoms with E-state index in [1.165, 1.54) is 12.1 Å². The summed E-state index contributed by atoms with van der Waals surface area (Å²) in [7, 11) is 0. The van der Waals surface area contributed by atoms with Crippen LogP contribution in [0.4, 0.5) is 8.78 Å². The molecule has 1 unspecified atom stereocenters. The average Bonchev–Trinajstić information content (AvgIpc) is 2.36. The van der Waals surface area contributed by atoms with Crippen LogP contribution in [-0.2, 0) is 6.42 Å². The van der Waals surface area contributed by atoms with Crippen LogP contribution >= 0.6 is 15.9 Å². The van der Waals surface area contributed by atoms with Gasteiger partial charge in [-0.25, -0.2) is 8.78 Å². The number of halogens is 3. The third kappa shape index (κ3) is 2.75. The van der Waals surface area contributed by atoms with E-state index in [-0.39, 0.29) is 5.56 Å². The summed E-state index contributed by atoms with van der Waals surface area (Å²) < 4.78 is 27.6. The molecule has 0 saturated carbocycles. The summed E-state index contributed by atoms with van der Waals surface area (Å²) >= 11 is 3.34. The molecule has 0 bridgehead atoms. The first-order valence-corrected chi connectivity index (χ1v) is 6.49. The predicted octanol–water partition coefficient (Wildman–Crippen LogP) is 4.35. The van der Waals surface area contributed by atoms with Crippen LogP contribution in [-0.4, -0.2) is 4.98 Å². The van der Waals surface area contributed by atoms with Crippen molar-refractivity contribution in [1.82, 2.24) is 4.98 Å². The fourth-order valence-corrected chi connectivity index (χ4v) is 2.52. The number of hydrogen-bond donors (Lipinski definition) is 0. The Hall–Kier alpha value is -1.29. The van der Waals surface area contributed by atoms with Gasteiger partial charge in [-0.15, -0.1) is 0 Å². The molecule has 0 amide bonds. The molecule has 4 heteroatoms. The van der Waals surface area contributed by atoms with Crippen molar-refractivity contribution in [2.75, 3.05) is 0 Å². The third-order valence-corrected chi connectivity index (χ3v) is 3.53. The normalized spacial score (nSPS) is 12.4. The number of aryl methyl sites for hydroxylation is 1. The molecular weight excluding hydrogens is 300 g/mol. The molecule has 0 spiro atoms. The zero-order valence-electron chi connectivity index (χ0n) is 9.83. The average molecular weight is 312 g/mol. The highest BCUT2D eigenvalue weighted by Crippen LogP contribution is 2.31. The summed E-state index contributed by atoms with van der Waals surface area (Å²) in [6, 6.07) is 8.22. The van der Waals surface area contributed by atoms with E-state index in [9.17, 15) is 8.78 Å². The SMILES string of the molecule is Cc1ccc(F)c(C(Br)Cc2ccccn2)c1F. The predicted molar refractivity (Wildman–Crippen MR) is 70.7 cm³/mol. The van der Waals surface area contributed by atoms with Crippen molar-refractivity contribution in [1.29, 1.82) is 0 Å². The highest BCUT2D eigenvalue weighted by Gasteiger charge is 2.19. The number of benzene rings is 1. The van der Waals surface area contributed by atoms with E-state index in [0.717, 1.165) is 5.69 Å². The molecule has 1 heterocycles. The van der Waals surface area contributed by atoms with Gasteiger partial charge in [0.15, 0.2) is 0 Å². The molecule has 1 atom stereocenters. The summed E-state index contributed by atoms with van der Waals surface area (Å²) in [5, 5.41) is 0. The highest BCUT2D eigenvalue weighted by molar-refractivity contribution is 9.09. The van der Waals surface area contributed by atoms with Gasteiger partial charge in [0.25, 0.3) is 0 Å². The van der Waals surface area contributed by atoms with Gasteiger partial charge in [-0.3, -0.25) is 4.98 Å². The Morgan fingerprint density at radius 1 is 1.22 bits per heavy atom. The lowest BCUT2D eigenvalue weighted by Crippen LogP contribution is -2.04. The first-order valence-electron chi connectivity index (χ1n) is 5.58. The molecule has 1 aromatic carbocycles. The molecule has 2 rings (SSSR count). The summed E-state index contributed by atoms with van der Waals surface area (Å²) in [5.41, 5.74) is 1.30. The van der Waals surface area contributed by atoms with Crippen molar-refractivity contribution in [3.05, 3.63) is 65.0 Å². The number of hydrogen-bond acceptors (Lipinski definition) is 1. The topological polar surface area (TPSA) is 12.9 Å². The van der Waals surface area contributed by atoms with Crippen LogP contribution in [0.15, 0.2) is 36.5 Å². The fraction of sp³-hybridized carbons (Fsp3) is 0.214. The smallest absolute Gasteiger partial charge is 0.133 e. The minimum atomic E-state index is -0.532. The maximum atomic E-state index is 13.9. The van der Waals surface area contributed by atoms with Crippen LogP contribution in [0.5, 0.6) is 0 Å². The van der Waals surface area contributed by atoms with Crippen molar-refractivity contribution >= 4 is 15.9 Å². The lowest BCUT2D eigenvalue weighted by molar-refractivity contribution is 0.547. The Kier molecular flexibility index (Phi) is 4.07.